The van der Waals surface area contributed by atoms with Crippen LogP contribution >= 0.6 is 0 Å². The van der Waals surface area contributed by atoms with Crippen molar-refractivity contribution in [1.82, 2.24) is 4.98 Å². The van der Waals surface area contributed by atoms with Crippen molar-refractivity contribution in [1.29, 1.82) is 0 Å². The van der Waals surface area contributed by atoms with Crippen LogP contribution in [0, 0.1) is 0 Å². The molecule has 0 saturated heterocycles. The number of halogens is 2. The van der Waals surface area contributed by atoms with E-state index in [9.17, 15) is 0 Å². The smallest absolute Gasteiger partial charge is 1.00 e. The Bertz CT molecular complexity index is 866. The molecule has 0 fully saturated rings. The first kappa shape index (κ1) is 21.5. The van der Waals surface area contributed by atoms with Gasteiger partial charge in [0.15, 0.2) is 0 Å². The average Bonchev–Trinajstić information content (AvgIpc) is 3.04. The fraction of sp³-hybridized carbons (Fsp3) is 0.300. The van der Waals surface area contributed by atoms with Crippen LogP contribution in [0.4, 0.5) is 0 Å². The fourth-order valence-electron chi connectivity index (χ4n) is 2.98. The van der Waals surface area contributed by atoms with Gasteiger partial charge in [0.2, 0.25) is 0 Å². The van der Waals surface area contributed by atoms with Crippen molar-refractivity contribution >= 4 is 12.8 Å². The number of rotatable bonds is 2. The number of aromatic amines is 1. The van der Waals surface area contributed by atoms with Crippen molar-refractivity contribution in [3.63, 3.8) is 0 Å². The maximum absolute atomic E-state index is 3.55. The van der Waals surface area contributed by atoms with Gasteiger partial charge in [0.25, 0.3) is 0 Å². The molecule has 24 heavy (non-hydrogen) atoms. The van der Waals surface area contributed by atoms with E-state index in [2.05, 4.69) is 82.2 Å². The van der Waals surface area contributed by atoms with Crippen molar-refractivity contribution in [2.45, 2.75) is 40.0 Å². The quantitative estimate of drug-likeness (QED) is 0.513. The third kappa shape index (κ3) is 4.15. The molecule has 1 heterocycles. The van der Waals surface area contributed by atoms with Crippen molar-refractivity contribution in [2.24, 2.45) is 0 Å². The zero-order valence-corrected chi connectivity index (χ0v) is 18.8. The molecule has 1 N–H and O–H groups in total. The van der Waals surface area contributed by atoms with Crippen LogP contribution in [0.15, 0.2) is 47.7 Å². The second-order valence-corrected chi connectivity index (χ2v) is 10.2. The van der Waals surface area contributed by atoms with Crippen LogP contribution < -0.4 is 38.7 Å². The summed E-state index contributed by atoms with van der Waals surface area (Å²) in [6.07, 6.45) is 4.49. The minimum Gasteiger partial charge on any atom is -1.00 e. The third-order valence-electron chi connectivity index (χ3n) is 4.14. The molecule has 2 aromatic rings. The van der Waals surface area contributed by atoms with Gasteiger partial charge in [0, 0.05) is 0 Å². The van der Waals surface area contributed by atoms with Gasteiger partial charge >= 0.3 is 145 Å². The summed E-state index contributed by atoms with van der Waals surface area (Å²) >= 11 is -0.863. The van der Waals surface area contributed by atoms with E-state index in [1.54, 1.807) is 3.28 Å². The Labute approximate surface area is 168 Å². The zero-order chi connectivity index (χ0) is 15.9. The van der Waals surface area contributed by atoms with E-state index in [1.165, 1.54) is 30.5 Å². The van der Waals surface area contributed by atoms with Gasteiger partial charge in [-0.15, -0.1) is 0 Å². The van der Waals surface area contributed by atoms with Crippen molar-refractivity contribution in [3.05, 3.63) is 63.7 Å². The minimum atomic E-state index is -0.863. The molecular weight excluding hydrogens is 416 g/mol. The summed E-state index contributed by atoms with van der Waals surface area (Å²) in [4.78, 5) is 3.55. The van der Waals surface area contributed by atoms with Gasteiger partial charge in [-0.05, 0) is 0 Å². The molecule has 0 atom stereocenters. The predicted octanol–water partition coefficient (Wildman–Crippen LogP) is -3.03. The molecule has 4 heteroatoms. The third-order valence-corrected chi connectivity index (χ3v) is 7.71. The molecule has 1 aliphatic carbocycles. The van der Waals surface area contributed by atoms with Crippen molar-refractivity contribution in [3.8, 4) is 0 Å². The Morgan fingerprint density at radius 3 is 2.29 bits per heavy atom. The van der Waals surface area contributed by atoms with Crippen LogP contribution in [-0.2, 0) is 28.6 Å². The normalized spacial score (nSPS) is 12.5. The van der Waals surface area contributed by atoms with Gasteiger partial charge in [0.05, 0.1) is 0 Å². The molecule has 1 aromatic heterocycles. The number of hydrogen-bond acceptors (Lipinski definition) is 0. The Morgan fingerprint density at radius 2 is 1.67 bits per heavy atom. The molecule has 0 unspecified atom stereocenters. The van der Waals surface area contributed by atoms with Gasteiger partial charge in [-0.1, -0.05) is 0 Å². The van der Waals surface area contributed by atoms with Crippen LogP contribution in [0.5, 0.6) is 0 Å². The molecule has 1 nitrogen and oxygen atoms in total. The number of benzene rings is 1. The van der Waals surface area contributed by atoms with Gasteiger partial charge in [0.1, 0.15) is 0 Å². The molecule has 1 aromatic carbocycles. The van der Waals surface area contributed by atoms with Crippen molar-refractivity contribution in [2.75, 3.05) is 0 Å². The molecule has 3 rings (SSSR count). The summed E-state index contributed by atoms with van der Waals surface area (Å²) in [6.45, 7) is 11.4. The molecular formula is C20H23Cl2NZr. The first-order chi connectivity index (χ1) is 10.4. The maximum Gasteiger partial charge on any atom is -1.00 e. The van der Waals surface area contributed by atoms with Crippen LogP contribution in [-0.4, -0.2) is 4.98 Å². The molecule has 0 saturated carbocycles. The molecule has 0 spiro atoms. The Kier molecular flexibility index (Phi) is 7.35. The summed E-state index contributed by atoms with van der Waals surface area (Å²) in [5, 5.41) is 2.85. The second-order valence-electron chi connectivity index (χ2n) is 7.16. The van der Waals surface area contributed by atoms with Gasteiger partial charge in [-0.3, -0.25) is 0 Å². The summed E-state index contributed by atoms with van der Waals surface area (Å²) in [7, 11) is 0. The zero-order valence-electron chi connectivity index (χ0n) is 14.8. The Morgan fingerprint density at radius 1 is 1.00 bits per heavy atom. The Hall–Kier alpha value is -0.557. The predicted molar refractivity (Wildman–Crippen MR) is 91.1 cm³/mol. The molecule has 0 aliphatic heterocycles. The minimum absolute atomic E-state index is 0. The number of allylic oxidation sites excluding steroid dienone is 2. The molecule has 0 radical (unpaired) electrons. The van der Waals surface area contributed by atoms with E-state index in [4.69, 9.17) is 0 Å². The Balaban J connectivity index is 0.00000144. The van der Waals surface area contributed by atoms with E-state index in [1.807, 2.05) is 0 Å². The van der Waals surface area contributed by atoms with Gasteiger partial charge in [-0.2, -0.15) is 0 Å². The summed E-state index contributed by atoms with van der Waals surface area (Å²) < 4.78 is 3.13. The number of fused-ring (bicyclic) bond motifs is 1. The molecule has 1 aliphatic rings. The number of nitrogens with one attached hydrogen (secondary N) is 1. The van der Waals surface area contributed by atoms with Gasteiger partial charge in [-0.25, -0.2) is 0 Å². The van der Waals surface area contributed by atoms with Crippen LogP contribution in [0.3, 0.4) is 0 Å². The monoisotopic (exact) mass is 437 g/mol. The molecule has 0 bridgehead atoms. The second kappa shape index (κ2) is 8.21. The van der Waals surface area contributed by atoms with Gasteiger partial charge < -0.3 is 24.8 Å². The van der Waals surface area contributed by atoms with E-state index < -0.39 is 23.2 Å². The van der Waals surface area contributed by atoms with Crippen molar-refractivity contribution < 1.29 is 48.0 Å². The maximum atomic E-state index is 3.55. The first-order valence-corrected chi connectivity index (χ1v) is 10.3. The first-order valence-electron chi connectivity index (χ1n) is 7.82. The van der Waals surface area contributed by atoms with E-state index in [0.29, 0.717) is 0 Å². The fourth-order valence-corrected chi connectivity index (χ4v) is 7.44. The average molecular weight is 440 g/mol. The summed E-state index contributed by atoms with van der Waals surface area (Å²) in [6, 6.07) is 11.1. The van der Waals surface area contributed by atoms with Crippen LogP contribution in [0.25, 0.3) is 9.36 Å². The van der Waals surface area contributed by atoms with E-state index in [0.717, 1.165) is 0 Å². The van der Waals surface area contributed by atoms with Crippen LogP contribution in [0.1, 0.15) is 40.2 Å². The summed E-state index contributed by atoms with van der Waals surface area (Å²) in [5.41, 5.74) is 4.60. The molecule has 126 valence electrons. The topological polar surface area (TPSA) is 15.8 Å². The standard InChI is InChI=1S/C12H11.C8H12N.2ClH.Zr/c1-9(2)12-7-10-5-3-4-6-11(10)8-12;1-8(2,3)7-4-5-9-6-7;;;/h3-7H,1-2H3;4-5,9H,1-3H3;2*1H;/q;;;;+2/p-2. The summed E-state index contributed by atoms with van der Waals surface area (Å²) in [5.74, 6) is 0. The van der Waals surface area contributed by atoms with Crippen LogP contribution in [0.2, 0.25) is 0 Å². The van der Waals surface area contributed by atoms with E-state index >= 15 is 0 Å². The largest absolute Gasteiger partial charge is 1.00 e. The van der Waals surface area contributed by atoms with E-state index in [-0.39, 0.29) is 30.2 Å². The molecule has 0 amide bonds. The number of hydrogen-bond donors (Lipinski definition) is 1. The number of H-pyrrole nitrogens is 1. The SMILES string of the molecule is CC(C)=C1C=c2ccccc2=[C]1[Zr+2][c]1[nH]ccc1C(C)(C)C.[Cl-].[Cl-]. The number of aromatic nitrogens is 1.